The highest BCUT2D eigenvalue weighted by Gasteiger charge is 2.36. The van der Waals surface area contributed by atoms with E-state index >= 15 is 0 Å². The number of rotatable bonds is 20. The van der Waals surface area contributed by atoms with Gasteiger partial charge in [0.1, 0.15) is 61.6 Å². The topological polar surface area (TPSA) is 121 Å². The number of epoxide rings is 2. The predicted octanol–water partition coefficient (Wildman–Crippen LogP) is 8.36. The van der Waals surface area contributed by atoms with Crippen molar-refractivity contribution in [3.05, 3.63) is 143 Å². The molecule has 0 saturated carbocycles. The number of aryl methyl sites for hydroxylation is 2. The zero-order valence-corrected chi connectivity index (χ0v) is 35.2. The van der Waals surface area contributed by atoms with Crippen LogP contribution in [0.25, 0.3) is 0 Å². The van der Waals surface area contributed by atoms with Gasteiger partial charge in [0.05, 0.1) is 26.3 Å². The number of hydrogen-bond donors (Lipinski definition) is 0. The van der Waals surface area contributed by atoms with Crippen molar-refractivity contribution < 1.29 is 47.5 Å². The van der Waals surface area contributed by atoms with Crippen molar-refractivity contribution in [1.29, 1.82) is 0 Å². The van der Waals surface area contributed by atoms with E-state index in [1.165, 1.54) is 5.56 Å². The monoisotopic (exact) mass is 840 g/mol. The molecule has 4 saturated heterocycles. The lowest BCUT2D eigenvalue weighted by atomic mass is 9.99. The Balaban J connectivity index is 0.816. The Morgan fingerprint density at radius 2 is 0.871 bits per heavy atom. The predicted molar refractivity (Wildman–Crippen MR) is 233 cm³/mol. The molecule has 4 atom stereocenters. The van der Waals surface area contributed by atoms with Crippen LogP contribution < -0.4 is 28.7 Å². The van der Waals surface area contributed by atoms with E-state index in [9.17, 15) is 9.59 Å². The van der Waals surface area contributed by atoms with Gasteiger partial charge in [0.25, 0.3) is 0 Å². The maximum Gasteiger partial charge on any atom is 0.414 e. The van der Waals surface area contributed by atoms with Gasteiger partial charge < -0.3 is 37.9 Å². The highest BCUT2D eigenvalue weighted by molar-refractivity contribution is 5.92. The maximum atomic E-state index is 13.2. The summed E-state index contributed by atoms with van der Waals surface area (Å²) >= 11 is 0. The van der Waals surface area contributed by atoms with Crippen LogP contribution in [-0.2, 0) is 44.6 Å². The summed E-state index contributed by atoms with van der Waals surface area (Å²) in [5, 5.41) is 0. The Morgan fingerprint density at radius 1 is 0.500 bits per heavy atom. The molecule has 5 aromatic carbocycles. The second-order valence-electron chi connectivity index (χ2n) is 16.1. The normalized spacial score (nSPS) is 20.2. The number of nitrogens with zero attached hydrogens (tertiary/aromatic N) is 2. The fourth-order valence-corrected chi connectivity index (χ4v) is 7.91. The standard InChI is InChI=1S/C50H52N2O10/c1-3-35-22-42(56-29-45-30-57-45)24-37(19-33-11-7-5-8-12-33)47(35)59-28-44-26-52(50(54)62-44)40-17-15-39(16-18-40)51-25-43(61-49(51)53)27-55-41-21-36(4-2)48(60-32-46-31-58-46)38(23-41)20-34-13-9-6-10-14-34/h5-18,21-24,43-46H,3-4,19-20,25-32H2,1-2H3. The minimum Gasteiger partial charge on any atom is -0.491 e. The summed E-state index contributed by atoms with van der Waals surface area (Å²) in [4.78, 5) is 29.5. The van der Waals surface area contributed by atoms with E-state index < -0.39 is 24.4 Å². The molecule has 62 heavy (non-hydrogen) atoms. The van der Waals surface area contributed by atoms with Crippen LogP contribution in [-0.4, -0.2) is 89.3 Å². The SMILES string of the molecule is CCc1cc(OCC2CN(c3ccc(N4CC(COc5c(CC)cc(OCC6CO6)cc5Cc5ccccc5)OC4=O)cc3)C(=O)O2)cc(Cc2ccccc2)c1OCC1CO1. The van der Waals surface area contributed by atoms with Gasteiger partial charge in [-0.3, -0.25) is 9.80 Å². The molecule has 4 aliphatic heterocycles. The van der Waals surface area contributed by atoms with Crippen molar-refractivity contribution in [2.75, 3.05) is 62.5 Å². The molecular formula is C50H52N2O10. The first-order chi connectivity index (χ1) is 30.4. The van der Waals surface area contributed by atoms with E-state index in [4.69, 9.17) is 37.9 Å². The second-order valence-corrected chi connectivity index (χ2v) is 16.1. The average Bonchev–Trinajstić information content (AvgIpc) is 4.24. The number of anilines is 2. The molecule has 5 aromatic rings. The van der Waals surface area contributed by atoms with E-state index in [1.807, 2.05) is 84.9 Å². The van der Waals surface area contributed by atoms with Gasteiger partial charge in [-0.2, -0.15) is 0 Å². The highest BCUT2D eigenvalue weighted by Crippen LogP contribution is 2.36. The largest absolute Gasteiger partial charge is 0.491 e. The molecule has 4 unspecified atom stereocenters. The van der Waals surface area contributed by atoms with E-state index in [-0.39, 0.29) is 25.4 Å². The summed E-state index contributed by atoms with van der Waals surface area (Å²) in [6.07, 6.45) is 1.28. The lowest BCUT2D eigenvalue weighted by Gasteiger charge is -2.19. The number of ether oxygens (including phenoxy) is 8. The minimum absolute atomic E-state index is 0.142. The summed E-state index contributed by atoms with van der Waals surface area (Å²) in [6.45, 7) is 7.69. The van der Waals surface area contributed by atoms with Crippen LogP contribution in [0.15, 0.2) is 109 Å². The summed E-state index contributed by atoms with van der Waals surface area (Å²) in [5.41, 5.74) is 7.75. The zero-order chi connectivity index (χ0) is 42.4. The van der Waals surface area contributed by atoms with E-state index in [2.05, 4.69) is 38.1 Å². The van der Waals surface area contributed by atoms with Crippen LogP contribution in [0.5, 0.6) is 23.0 Å². The second kappa shape index (κ2) is 18.8. The quantitative estimate of drug-likeness (QED) is 0.0708. The molecule has 0 aliphatic carbocycles. The first-order valence-electron chi connectivity index (χ1n) is 21.6. The Bertz CT molecular complexity index is 2330. The van der Waals surface area contributed by atoms with Gasteiger partial charge >= 0.3 is 12.2 Å². The Labute approximate surface area is 362 Å². The number of cyclic esters (lactones) is 2. The molecule has 0 aromatic heterocycles. The van der Waals surface area contributed by atoms with Crippen LogP contribution in [0.4, 0.5) is 21.0 Å². The zero-order valence-electron chi connectivity index (χ0n) is 35.2. The van der Waals surface area contributed by atoms with E-state index in [0.717, 1.165) is 71.1 Å². The number of amides is 2. The number of benzene rings is 5. The van der Waals surface area contributed by atoms with Crippen molar-refractivity contribution in [2.24, 2.45) is 0 Å². The summed E-state index contributed by atoms with van der Waals surface area (Å²) in [5.74, 6) is 3.14. The summed E-state index contributed by atoms with van der Waals surface area (Å²) < 4.78 is 47.5. The van der Waals surface area contributed by atoms with Gasteiger partial charge in [0.15, 0.2) is 12.2 Å². The number of carbonyl (C=O) groups is 2. The molecule has 0 N–H and O–H groups in total. The lowest BCUT2D eigenvalue weighted by molar-refractivity contribution is 0.104. The van der Waals surface area contributed by atoms with Crippen LogP contribution in [0.3, 0.4) is 0 Å². The van der Waals surface area contributed by atoms with Gasteiger partial charge in [0.2, 0.25) is 0 Å². The average molecular weight is 841 g/mol. The van der Waals surface area contributed by atoms with Gasteiger partial charge in [-0.25, -0.2) is 9.59 Å². The van der Waals surface area contributed by atoms with Crippen molar-refractivity contribution >= 4 is 23.6 Å². The van der Waals surface area contributed by atoms with Crippen molar-refractivity contribution in [3.63, 3.8) is 0 Å². The third-order valence-corrected chi connectivity index (χ3v) is 11.4. The van der Waals surface area contributed by atoms with Crippen molar-refractivity contribution in [1.82, 2.24) is 0 Å². The number of carbonyl (C=O) groups excluding carboxylic acids is 2. The molecular weight excluding hydrogens is 789 g/mol. The third kappa shape index (κ3) is 10.1. The Kier molecular flexibility index (Phi) is 12.5. The molecule has 12 nitrogen and oxygen atoms in total. The van der Waals surface area contributed by atoms with Crippen molar-refractivity contribution in [3.8, 4) is 23.0 Å². The first-order valence-corrected chi connectivity index (χ1v) is 21.6. The van der Waals surface area contributed by atoms with Gasteiger partial charge in [0, 0.05) is 35.3 Å². The fraction of sp³-hybridized carbons (Fsp3) is 0.360. The molecule has 4 aliphatic rings. The molecule has 0 spiro atoms. The molecule has 12 heteroatoms. The van der Waals surface area contributed by atoms with Crippen LogP contribution in [0.2, 0.25) is 0 Å². The molecule has 2 amide bonds. The molecule has 322 valence electrons. The maximum absolute atomic E-state index is 13.2. The first kappa shape index (κ1) is 41.1. The molecule has 4 fully saturated rings. The lowest BCUT2D eigenvalue weighted by Crippen LogP contribution is -2.28. The minimum atomic E-state index is -0.488. The smallest absolute Gasteiger partial charge is 0.414 e. The Morgan fingerprint density at radius 3 is 1.27 bits per heavy atom. The van der Waals surface area contributed by atoms with Gasteiger partial charge in [-0.05, 0) is 83.6 Å². The summed E-state index contributed by atoms with van der Waals surface area (Å²) in [7, 11) is 0. The summed E-state index contributed by atoms with van der Waals surface area (Å²) in [6, 6.07) is 35.9. The van der Waals surface area contributed by atoms with Crippen molar-refractivity contribution in [2.45, 2.75) is 63.9 Å². The van der Waals surface area contributed by atoms with E-state index in [0.29, 0.717) is 56.3 Å². The Hall–Kier alpha value is -6.24. The van der Waals surface area contributed by atoms with Crippen LogP contribution in [0.1, 0.15) is 47.2 Å². The van der Waals surface area contributed by atoms with Gasteiger partial charge in [-0.15, -0.1) is 0 Å². The third-order valence-electron chi connectivity index (χ3n) is 11.4. The molecule has 4 heterocycles. The van der Waals surface area contributed by atoms with Crippen LogP contribution >= 0.6 is 0 Å². The molecule has 9 rings (SSSR count). The van der Waals surface area contributed by atoms with Gasteiger partial charge in [-0.1, -0.05) is 74.5 Å². The number of hydrogen-bond acceptors (Lipinski definition) is 10. The van der Waals surface area contributed by atoms with E-state index in [1.54, 1.807) is 9.80 Å². The molecule has 0 bridgehead atoms. The fourth-order valence-electron chi connectivity index (χ4n) is 7.91. The highest BCUT2D eigenvalue weighted by atomic mass is 16.6. The molecule has 0 radical (unpaired) electrons. The van der Waals surface area contributed by atoms with Crippen LogP contribution in [0, 0.1) is 0 Å².